The maximum absolute atomic E-state index is 14.6. The van der Waals surface area contributed by atoms with Gasteiger partial charge >= 0.3 is 6.18 Å². The molecule has 0 spiro atoms. The van der Waals surface area contributed by atoms with Gasteiger partial charge in [0, 0.05) is 38.1 Å². The van der Waals surface area contributed by atoms with Gasteiger partial charge in [0.1, 0.15) is 6.04 Å². The van der Waals surface area contributed by atoms with Gasteiger partial charge in [0.05, 0.1) is 23.0 Å². The lowest BCUT2D eigenvalue weighted by molar-refractivity contribution is -0.138. The number of halogens is 5. The van der Waals surface area contributed by atoms with Crippen LogP contribution in [-0.2, 0) is 6.18 Å². The summed E-state index contributed by atoms with van der Waals surface area (Å²) in [7, 11) is 0. The Labute approximate surface area is 185 Å². The molecule has 1 atom stereocenters. The van der Waals surface area contributed by atoms with Crippen molar-refractivity contribution in [3.05, 3.63) is 47.3 Å². The Morgan fingerprint density at radius 3 is 2.67 bits per heavy atom. The van der Waals surface area contributed by atoms with Crippen molar-refractivity contribution >= 4 is 30.0 Å². The van der Waals surface area contributed by atoms with Crippen molar-refractivity contribution in [3.63, 3.8) is 0 Å². The molecule has 2 aromatic rings. The first kappa shape index (κ1) is 24.0. The zero-order chi connectivity index (χ0) is 24.2. The van der Waals surface area contributed by atoms with Crippen LogP contribution in [0, 0.1) is 12.3 Å². The molecule has 1 amide bonds. The Morgan fingerprint density at radius 1 is 1.33 bits per heavy atom. The minimum absolute atomic E-state index is 0.146. The van der Waals surface area contributed by atoms with Crippen LogP contribution < -0.4 is 10.7 Å². The van der Waals surface area contributed by atoms with Crippen LogP contribution in [0.5, 0.6) is 0 Å². The summed E-state index contributed by atoms with van der Waals surface area (Å²) in [6, 6.07) is 3.29. The summed E-state index contributed by atoms with van der Waals surface area (Å²) < 4.78 is 67.2. The minimum Gasteiger partial charge on any atom is -0.352 e. The number of carbonyl (C=O) groups is 1. The van der Waals surface area contributed by atoms with E-state index in [1.807, 2.05) is 0 Å². The molecule has 13 heteroatoms. The quantitative estimate of drug-likeness (QED) is 0.325. The van der Waals surface area contributed by atoms with E-state index in [0.29, 0.717) is 18.0 Å². The predicted molar refractivity (Wildman–Crippen MR) is 112 cm³/mol. The molecule has 0 radical (unpaired) electrons. The van der Waals surface area contributed by atoms with Gasteiger partial charge in [-0.2, -0.15) is 18.3 Å². The number of aromatic nitrogens is 2. The molecular weight excluding hydrogens is 449 g/mol. The van der Waals surface area contributed by atoms with Crippen LogP contribution in [0.4, 0.5) is 33.6 Å². The highest BCUT2D eigenvalue weighted by molar-refractivity contribution is 6.14. The first-order valence-corrected chi connectivity index (χ1v) is 9.74. The maximum atomic E-state index is 14.6. The van der Waals surface area contributed by atoms with Crippen molar-refractivity contribution in [1.82, 2.24) is 14.9 Å². The van der Waals surface area contributed by atoms with Crippen molar-refractivity contribution in [2.75, 3.05) is 23.8 Å². The molecule has 1 fully saturated rings. The molecule has 3 N–H and O–H groups in total. The number of nitrogens with one attached hydrogen (secondary N) is 3. The van der Waals surface area contributed by atoms with Crippen molar-refractivity contribution in [2.45, 2.75) is 31.5 Å². The zero-order valence-corrected chi connectivity index (χ0v) is 17.3. The van der Waals surface area contributed by atoms with Gasteiger partial charge < -0.3 is 15.6 Å². The smallest absolute Gasteiger partial charge is 0.352 e. The second kappa shape index (κ2) is 9.46. The summed E-state index contributed by atoms with van der Waals surface area (Å²) in [6.45, 7) is 0.963. The summed E-state index contributed by atoms with van der Waals surface area (Å²) in [5.74, 6) is -4.15. The van der Waals surface area contributed by atoms with Gasteiger partial charge in [-0.1, -0.05) is 12.1 Å². The number of likely N-dealkylation sites (tertiary alicyclic amines) is 1. The fourth-order valence-electron chi connectivity index (χ4n) is 3.41. The van der Waals surface area contributed by atoms with Crippen molar-refractivity contribution in [2.24, 2.45) is 5.10 Å². The average molecular weight is 469 g/mol. The molecule has 1 aliphatic heterocycles. The summed E-state index contributed by atoms with van der Waals surface area (Å²) in [4.78, 5) is 21.3. The van der Waals surface area contributed by atoms with Gasteiger partial charge in [-0.3, -0.25) is 10.2 Å². The highest BCUT2D eigenvalue weighted by Gasteiger charge is 2.51. The molecule has 1 unspecified atom stereocenters. The number of amides is 1. The molecular formula is C20H20F5N7O. The number of rotatable bonds is 7. The monoisotopic (exact) mass is 469 g/mol. The Bertz CT molecular complexity index is 1040. The molecule has 0 aliphatic carbocycles. The van der Waals surface area contributed by atoms with Gasteiger partial charge in [-0.05, 0) is 18.6 Å². The van der Waals surface area contributed by atoms with Crippen LogP contribution in [0.25, 0.3) is 0 Å². The fraction of sp³-hybridized carbons (Fsp3) is 0.350. The predicted octanol–water partition coefficient (Wildman–Crippen LogP) is 3.81. The van der Waals surface area contributed by atoms with Crippen LogP contribution in [0.2, 0.25) is 0 Å². The van der Waals surface area contributed by atoms with Crippen molar-refractivity contribution in [1.29, 1.82) is 5.41 Å². The van der Waals surface area contributed by atoms with Crippen molar-refractivity contribution < 1.29 is 26.7 Å². The highest BCUT2D eigenvalue weighted by Crippen LogP contribution is 2.36. The standard InChI is InChI=1S/C20H20F5N7O/c1-12-3-2-4-14(31-30-7-6-26)16(12)17(33)32-8-5-19(21,22)15(32)11-29-18-27-9-13(10-28-18)20(23,24)25/h2-4,6-7,9-10,15,26,31H,5,8,11H2,1H3,(H,27,28,29)/b26-6?,30-7-. The molecule has 2 heterocycles. The maximum Gasteiger partial charge on any atom is 0.419 e. The molecule has 1 aromatic heterocycles. The number of benzene rings is 1. The molecule has 1 aromatic carbocycles. The van der Waals surface area contributed by atoms with E-state index in [2.05, 4.69) is 25.8 Å². The Morgan fingerprint density at radius 2 is 2.03 bits per heavy atom. The molecule has 3 rings (SSSR count). The Balaban J connectivity index is 1.81. The van der Waals surface area contributed by atoms with Crippen LogP contribution in [0.1, 0.15) is 27.9 Å². The summed E-state index contributed by atoms with van der Waals surface area (Å²) in [5.41, 5.74) is 2.52. The first-order chi connectivity index (χ1) is 15.5. The first-order valence-electron chi connectivity index (χ1n) is 9.74. The zero-order valence-electron chi connectivity index (χ0n) is 17.3. The van der Waals surface area contributed by atoms with E-state index < -0.39 is 42.6 Å². The van der Waals surface area contributed by atoms with E-state index in [9.17, 15) is 26.7 Å². The third-order valence-electron chi connectivity index (χ3n) is 5.06. The van der Waals surface area contributed by atoms with E-state index in [1.165, 1.54) is 0 Å². The Kier molecular flexibility index (Phi) is 6.89. The number of nitrogens with zero attached hydrogens (tertiary/aromatic N) is 4. The van der Waals surface area contributed by atoms with E-state index in [0.717, 1.165) is 17.3 Å². The number of hydrogen-bond donors (Lipinski definition) is 3. The summed E-state index contributed by atoms with van der Waals surface area (Å²) in [6.07, 6.45) is -2.02. The topological polar surface area (TPSA) is 106 Å². The number of hydrogen-bond acceptors (Lipinski definition) is 7. The van der Waals surface area contributed by atoms with Crippen LogP contribution in [-0.4, -0.2) is 58.3 Å². The normalized spacial score (nSPS) is 17.9. The van der Waals surface area contributed by atoms with Gasteiger partial charge in [0.25, 0.3) is 11.8 Å². The van der Waals surface area contributed by atoms with Crippen molar-refractivity contribution in [3.8, 4) is 0 Å². The number of alkyl halides is 5. The largest absolute Gasteiger partial charge is 0.419 e. The number of anilines is 2. The summed E-state index contributed by atoms with van der Waals surface area (Å²) in [5, 5.41) is 13.2. The number of carbonyl (C=O) groups excluding carboxylic acids is 1. The highest BCUT2D eigenvalue weighted by atomic mass is 19.4. The van der Waals surface area contributed by atoms with Crippen LogP contribution >= 0.6 is 0 Å². The lowest BCUT2D eigenvalue weighted by atomic mass is 10.0. The lowest BCUT2D eigenvalue weighted by Crippen LogP contribution is -2.47. The average Bonchev–Trinajstić information content (AvgIpc) is 3.06. The van der Waals surface area contributed by atoms with Gasteiger partial charge in [-0.15, -0.1) is 0 Å². The summed E-state index contributed by atoms with van der Waals surface area (Å²) >= 11 is 0. The third-order valence-corrected chi connectivity index (χ3v) is 5.06. The number of hydrazone groups is 1. The second-order valence-electron chi connectivity index (χ2n) is 7.25. The molecule has 8 nitrogen and oxygen atoms in total. The van der Waals surface area contributed by atoms with Crippen LogP contribution in [0.3, 0.4) is 0 Å². The van der Waals surface area contributed by atoms with Crippen LogP contribution in [0.15, 0.2) is 35.7 Å². The lowest BCUT2D eigenvalue weighted by Gasteiger charge is -2.29. The molecule has 1 saturated heterocycles. The third kappa shape index (κ3) is 5.41. The molecule has 33 heavy (non-hydrogen) atoms. The van der Waals surface area contributed by atoms with Gasteiger partial charge in [-0.25, -0.2) is 18.7 Å². The Hall–Kier alpha value is -3.64. The number of aryl methyl sites for hydroxylation is 1. The SMILES string of the molecule is Cc1cccc(N/N=C\C=N)c1C(=O)N1CCC(F)(F)C1CNc1ncc(C(F)(F)F)cn1. The molecule has 1 aliphatic rings. The molecule has 0 bridgehead atoms. The van der Waals surface area contributed by atoms with E-state index in [-0.39, 0.29) is 23.7 Å². The fourth-order valence-corrected chi connectivity index (χ4v) is 3.41. The van der Waals surface area contributed by atoms with E-state index >= 15 is 0 Å². The van der Waals surface area contributed by atoms with E-state index in [1.54, 1.807) is 25.1 Å². The van der Waals surface area contributed by atoms with Gasteiger partial charge in [0.2, 0.25) is 5.95 Å². The van der Waals surface area contributed by atoms with E-state index in [4.69, 9.17) is 5.41 Å². The molecule has 176 valence electrons. The second-order valence-corrected chi connectivity index (χ2v) is 7.25. The molecule has 0 saturated carbocycles. The minimum atomic E-state index is -4.62. The van der Waals surface area contributed by atoms with Gasteiger partial charge in [0.15, 0.2) is 0 Å².